The molecule has 1 aromatic rings. The molecule has 0 saturated heterocycles. The van der Waals surface area contributed by atoms with Crippen molar-refractivity contribution in [2.24, 2.45) is 5.41 Å². The fraction of sp³-hybridized carbons (Fsp3) is 0.583. The number of nitrogens with one attached hydrogen (secondary N) is 1. The smallest absolute Gasteiger partial charge is 0.225 e. The Balaban J connectivity index is 2.15. The molecule has 1 heterocycles. The molecule has 84 valence electrons. The summed E-state index contributed by atoms with van der Waals surface area (Å²) in [4.78, 5) is 11.5. The minimum Gasteiger partial charge on any atom is -0.469 e. The lowest BCUT2D eigenvalue weighted by atomic mass is 9.96. The molecule has 1 amide bonds. The molecule has 0 aliphatic carbocycles. The van der Waals surface area contributed by atoms with Crippen LogP contribution in [0.4, 0.5) is 0 Å². The van der Waals surface area contributed by atoms with E-state index in [4.69, 9.17) is 4.42 Å². The Hall–Kier alpha value is -1.25. The van der Waals surface area contributed by atoms with Crippen LogP contribution in [-0.2, 0) is 11.2 Å². The van der Waals surface area contributed by atoms with Gasteiger partial charge in [0.1, 0.15) is 5.76 Å². The molecule has 0 bridgehead atoms. The molecule has 0 aromatic carbocycles. The summed E-state index contributed by atoms with van der Waals surface area (Å²) >= 11 is 0. The molecule has 1 rings (SSSR count). The van der Waals surface area contributed by atoms with Crippen LogP contribution < -0.4 is 5.32 Å². The summed E-state index contributed by atoms with van der Waals surface area (Å²) in [5, 5.41) is 2.90. The number of hydrogen-bond donors (Lipinski definition) is 1. The van der Waals surface area contributed by atoms with Crippen LogP contribution in [0.15, 0.2) is 22.8 Å². The van der Waals surface area contributed by atoms with Gasteiger partial charge in [0.25, 0.3) is 0 Å². The normalized spacial score (nSPS) is 11.4. The molecular formula is C12H19NO2. The molecule has 0 aliphatic rings. The van der Waals surface area contributed by atoms with Gasteiger partial charge in [-0.1, -0.05) is 20.8 Å². The summed E-state index contributed by atoms with van der Waals surface area (Å²) in [6.45, 7) is 6.44. The zero-order chi connectivity index (χ0) is 11.3. The van der Waals surface area contributed by atoms with Crippen molar-refractivity contribution in [1.82, 2.24) is 5.32 Å². The molecule has 15 heavy (non-hydrogen) atoms. The third-order valence-electron chi connectivity index (χ3n) is 2.15. The Labute approximate surface area is 90.9 Å². The summed E-state index contributed by atoms with van der Waals surface area (Å²) in [6, 6.07) is 3.83. The van der Waals surface area contributed by atoms with Crippen molar-refractivity contribution in [3.63, 3.8) is 0 Å². The highest BCUT2D eigenvalue weighted by Crippen LogP contribution is 2.12. The zero-order valence-corrected chi connectivity index (χ0v) is 9.67. The first-order valence-electron chi connectivity index (χ1n) is 5.31. The predicted molar refractivity (Wildman–Crippen MR) is 59.5 cm³/mol. The Morgan fingerprint density at radius 1 is 1.47 bits per heavy atom. The van der Waals surface area contributed by atoms with E-state index in [1.54, 1.807) is 6.26 Å². The molecule has 0 spiro atoms. The second-order valence-electron chi connectivity index (χ2n) is 4.69. The van der Waals surface area contributed by atoms with Crippen molar-refractivity contribution in [2.45, 2.75) is 33.6 Å². The van der Waals surface area contributed by atoms with Gasteiger partial charge < -0.3 is 9.73 Å². The number of aryl methyl sites for hydroxylation is 1. The van der Waals surface area contributed by atoms with Gasteiger partial charge in [0, 0.05) is 18.4 Å². The van der Waals surface area contributed by atoms with E-state index in [1.807, 2.05) is 32.9 Å². The van der Waals surface area contributed by atoms with Gasteiger partial charge in [0.05, 0.1) is 6.26 Å². The predicted octanol–water partition coefficient (Wildman–Crippen LogP) is 2.37. The molecule has 0 aliphatic heterocycles. The van der Waals surface area contributed by atoms with Crippen LogP contribution >= 0.6 is 0 Å². The van der Waals surface area contributed by atoms with E-state index in [0.29, 0.717) is 6.54 Å². The van der Waals surface area contributed by atoms with E-state index in [9.17, 15) is 4.79 Å². The lowest BCUT2D eigenvalue weighted by Gasteiger charge is -2.17. The average Bonchev–Trinajstić information content (AvgIpc) is 2.63. The third-order valence-corrected chi connectivity index (χ3v) is 2.15. The molecule has 0 radical (unpaired) electrons. The molecule has 3 heteroatoms. The van der Waals surface area contributed by atoms with Crippen LogP contribution in [-0.4, -0.2) is 12.5 Å². The fourth-order valence-electron chi connectivity index (χ4n) is 1.18. The minimum atomic E-state index is -0.301. The van der Waals surface area contributed by atoms with Crippen molar-refractivity contribution in [3.8, 4) is 0 Å². The van der Waals surface area contributed by atoms with E-state index < -0.39 is 0 Å². The van der Waals surface area contributed by atoms with E-state index in [-0.39, 0.29) is 11.3 Å². The quantitative estimate of drug-likeness (QED) is 0.773. The van der Waals surface area contributed by atoms with Crippen LogP contribution in [0.3, 0.4) is 0 Å². The topological polar surface area (TPSA) is 42.2 Å². The largest absolute Gasteiger partial charge is 0.469 e. The van der Waals surface area contributed by atoms with Gasteiger partial charge in [-0.15, -0.1) is 0 Å². The van der Waals surface area contributed by atoms with Crippen LogP contribution in [0.2, 0.25) is 0 Å². The Bertz CT molecular complexity index is 296. The van der Waals surface area contributed by atoms with E-state index in [0.717, 1.165) is 18.6 Å². The number of carbonyl (C=O) groups excluding carboxylic acids is 1. The lowest BCUT2D eigenvalue weighted by molar-refractivity contribution is -0.128. The van der Waals surface area contributed by atoms with Crippen LogP contribution in [0.5, 0.6) is 0 Å². The molecule has 1 aromatic heterocycles. The highest BCUT2D eigenvalue weighted by Gasteiger charge is 2.20. The first-order valence-corrected chi connectivity index (χ1v) is 5.31. The standard InChI is InChI=1S/C12H19NO2/c1-12(2,3)11(14)13-8-4-6-10-7-5-9-15-10/h5,7,9H,4,6,8H2,1-3H3,(H,13,14). The second kappa shape index (κ2) is 5.01. The van der Waals surface area contributed by atoms with Crippen molar-refractivity contribution >= 4 is 5.91 Å². The van der Waals surface area contributed by atoms with Gasteiger partial charge in [-0.3, -0.25) is 4.79 Å². The summed E-state index contributed by atoms with van der Waals surface area (Å²) in [5.41, 5.74) is -0.301. The molecule has 3 nitrogen and oxygen atoms in total. The van der Waals surface area contributed by atoms with Crippen molar-refractivity contribution < 1.29 is 9.21 Å². The first-order chi connectivity index (χ1) is 7.00. The van der Waals surface area contributed by atoms with E-state index in [1.165, 1.54) is 0 Å². The molecule has 0 fully saturated rings. The van der Waals surface area contributed by atoms with Crippen LogP contribution in [0, 0.1) is 5.41 Å². The van der Waals surface area contributed by atoms with Gasteiger partial charge in [-0.2, -0.15) is 0 Å². The molecule has 0 unspecified atom stereocenters. The van der Waals surface area contributed by atoms with E-state index >= 15 is 0 Å². The number of hydrogen-bond acceptors (Lipinski definition) is 2. The monoisotopic (exact) mass is 209 g/mol. The van der Waals surface area contributed by atoms with Crippen LogP contribution in [0.25, 0.3) is 0 Å². The maximum Gasteiger partial charge on any atom is 0.225 e. The second-order valence-corrected chi connectivity index (χ2v) is 4.69. The van der Waals surface area contributed by atoms with Gasteiger partial charge in [0.15, 0.2) is 0 Å². The van der Waals surface area contributed by atoms with Gasteiger partial charge >= 0.3 is 0 Å². The molecule has 0 atom stereocenters. The Morgan fingerprint density at radius 3 is 2.73 bits per heavy atom. The average molecular weight is 209 g/mol. The van der Waals surface area contributed by atoms with Gasteiger partial charge in [0.2, 0.25) is 5.91 Å². The summed E-state index contributed by atoms with van der Waals surface area (Å²) in [5.74, 6) is 1.07. The zero-order valence-electron chi connectivity index (χ0n) is 9.67. The molecule has 0 saturated carbocycles. The highest BCUT2D eigenvalue weighted by atomic mass is 16.3. The number of carbonyl (C=O) groups is 1. The van der Waals surface area contributed by atoms with Crippen LogP contribution in [0.1, 0.15) is 33.0 Å². The summed E-state index contributed by atoms with van der Waals surface area (Å²) < 4.78 is 5.20. The Kier molecular flexibility index (Phi) is 3.95. The lowest BCUT2D eigenvalue weighted by Crippen LogP contribution is -2.35. The maximum absolute atomic E-state index is 11.5. The summed E-state index contributed by atoms with van der Waals surface area (Å²) in [6.07, 6.45) is 3.45. The number of amides is 1. The SMILES string of the molecule is CC(C)(C)C(=O)NCCCc1ccco1. The number of furan rings is 1. The summed E-state index contributed by atoms with van der Waals surface area (Å²) in [7, 11) is 0. The van der Waals surface area contributed by atoms with Crippen molar-refractivity contribution in [1.29, 1.82) is 0 Å². The highest BCUT2D eigenvalue weighted by molar-refractivity contribution is 5.81. The number of rotatable bonds is 4. The molecular weight excluding hydrogens is 190 g/mol. The molecule has 1 N–H and O–H groups in total. The fourth-order valence-corrected chi connectivity index (χ4v) is 1.18. The van der Waals surface area contributed by atoms with Crippen molar-refractivity contribution in [3.05, 3.63) is 24.2 Å². The third kappa shape index (κ3) is 4.19. The Morgan fingerprint density at radius 2 is 2.20 bits per heavy atom. The van der Waals surface area contributed by atoms with Crippen molar-refractivity contribution in [2.75, 3.05) is 6.54 Å². The maximum atomic E-state index is 11.5. The van der Waals surface area contributed by atoms with Gasteiger partial charge in [-0.05, 0) is 18.6 Å². The van der Waals surface area contributed by atoms with Gasteiger partial charge in [-0.25, -0.2) is 0 Å². The minimum absolute atomic E-state index is 0.0990. The first kappa shape index (κ1) is 11.8. The van der Waals surface area contributed by atoms with E-state index in [2.05, 4.69) is 5.32 Å².